The molecule has 0 atom stereocenters. The molecule has 1 aliphatic rings. The van der Waals surface area contributed by atoms with Crippen LogP contribution in [-0.4, -0.2) is 12.5 Å². The van der Waals surface area contributed by atoms with Gasteiger partial charge in [-0.05, 0) is 42.7 Å². The highest BCUT2D eigenvalue weighted by molar-refractivity contribution is 6.07. The maximum Gasteiger partial charge on any atom is 0.258 e. The zero-order chi connectivity index (χ0) is 15.0. The highest BCUT2D eigenvalue weighted by Gasteiger charge is 2.25. The fourth-order valence-electron chi connectivity index (χ4n) is 2.70. The molecule has 2 aromatic rings. The van der Waals surface area contributed by atoms with Crippen molar-refractivity contribution in [1.29, 1.82) is 0 Å². The van der Waals surface area contributed by atoms with Crippen molar-refractivity contribution in [3.63, 3.8) is 0 Å². The molecule has 0 bridgehead atoms. The van der Waals surface area contributed by atoms with Crippen molar-refractivity contribution in [3.8, 4) is 0 Å². The monoisotopic (exact) mass is 288 g/mol. The van der Waals surface area contributed by atoms with E-state index in [1.807, 2.05) is 0 Å². The number of rotatable bonds is 1. The van der Waals surface area contributed by atoms with E-state index in [1.54, 1.807) is 18.2 Å². The molecule has 108 valence electrons. The molecule has 2 N–H and O–H groups in total. The SMILES string of the molecule is Nc1cccc2c1CCCN2C(=O)c1cc(F)cc(F)c1. The highest BCUT2D eigenvalue weighted by Crippen LogP contribution is 2.32. The summed E-state index contributed by atoms with van der Waals surface area (Å²) in [5, 5.41) is 0. The molecule has 0 fully saturated rings. The average molecular weight is 288 g/mol. The van der Waals surface area contributed by atoms with Gasteiger partial charge in [-0.2, -0.15) is 0 Å². The summed E-state index contributed by atoms with van der Waals surface area (Å²) in [6.45, 7) is 0.507. The lowest BCUT2D eigenvalue weighted by Gasteiger charge is -2.30. The number of fused-ring (bicyclic) bond motifs is 1. The fourth-order valence-corrected chi connectivity index (χ4v) is 2.70. The van der Waals surface area contributed by atoms with Crippen LogP contribution in [0.3, 0.4) is 0 Å². The number of carbonyl (C=O) groups excluding carboxylic acids is 1. The van der Waals surface area contributed by atoms with Crippen LogP contribution in [0.1, 0.15) is 22.3 Å². The van der Waals surface area contributed by atoms with Crippen LogP contribution in [0.4, 0.5) is 20.2 Å². The Hall–Kier alpha value is -2.43. The van der Waals surface area contributed by atoms with Gasteiger partial charge in [0.2, 0.25) is 0 Å². The van der Waals surface area contributed by atoms with Crippen LogP contribution in [0, 0.1) is 11.6 Å². The van der Waals surface area contributed by atoms with Gasteiger partial charge in [0.15, 0.2) is 0 Å². The zero-order valence-corrected chi connectivity index (χ0v) is 11.3. The molecule has 21 heavy (non-hydrogen) atoms. The maximum absolute atomic E-state index is 13.3. The van der Waals surface area contributed by atoms with Crippen molar-refractivity contribution in [2.75, 3.05) is 17.2 Å². The molecule has 1 aliphatic heterocycles. The van der Waals surface area contributed by atoms with Gasteiger partial charge in [0.05, 0.1) is 0 Å². The second-order valence-corrected chi connectivity index (χ2v) is 5.06. The maximum atomic E-state index is 13.3. The summed E-state index contributed by atoms with van der Waals surface area (Å²) in [4.78, 5) is 14.1. The number of nitrogens with zero attached hydrogens (tertiary/aromatic N) is 1. The van der Waals surface area contributed by atoms with E-state index in [0.29, 0.717) is 12.2 Å². The molecule has 0 aliphatic carbocycles. The minimum Gasteiger partial charge on any atom is -0.398 e. The summed E-state index contributed by atoms with van der Waals surface area (Å²) in [5.41, 5.74) is 8.20. The number of halogens is 2. The van der Waals surface area contributed by atoms with E-state index >= 15 is 0 Å². The highest BCUT2D eigenvalue weighted by atomic mass is 19.1. The van der Waals surface area contributed by atoms with Gasteiger partial charge in [-0.3, -0.25) is 4.79 Å². The van der Waals surface area contributed by atoms with Gasteiger partial charge in [0.25, 0.3) is 5.91 Å². The molecule has 0 radical (unpaired) electrons. The first-order chi connectivity index (χ1) is 10.1. The molecule has 1 heterocycles. The topological polar surface area (TPSA) is 46.3 Å². The number of hydrogen-bond donors (Lipinski definition) is 1. The van der Waals surface area contributed by atoms with Gasteiger partial charge < -0.3 is 10.6 Å². The Bertz CT molecular complexity index is 695. The summed E-state index contributed by atoms with van der Waals surface area (Å²) < 4.78 is 26.6. The van der Waals surface area contributed by atoms with Crippen molar-refractivity contribution >= 4 is 17.3 Å². The first kappa shape index (κ1) is 13.5. The van der Waals surface area contributed by atoms with E-state index in [4.69, 9.17) is 5.73 Å². The van der Waals surface area contributed by atoms with E-state index in [9.17, 15) is 13.6 Å². The van der Waals surface area contributed by atoms with Crippen LogP contribution in [0.5, 0.6) is 0 Å². The molecule has 0 spiro atoms. The first-order valence-electron chi connectivity index (χ1n) is 6.71. The van der Waals surface area contributed by atoms with E-state index in [2.05, 4.69) is 0 Å². The normalized spacial score (nSPS) is 13.9. The molecule has 0 aromatic heterocycles. The standard InChI is InChI=1S/C16H14F2N2O/c17-11-7-10(8-12(18)9-11)16(21)20-6-2-3-13-14(19)4-1-5-15(13)20/h1,4-5,7-9H,2-3,6,19H2. The second kappa shape index (κ2) is 5.16. The van der Waals surface area contributed by atoms with Crippen LogP contribution in [0.25, 0.3) is 0 Å². The largest absolute Gasteiger partial charge is 0.398 e. The van der Waals surface area contributed by atoms with Gasteiger partial charge >= 0.3 is 0 Å². The molecule has 0 unspecified atom stereocenters. The molecule has 0 saturated heterocycles. The zero-order valence-electron chi connectivity index (χ0n) is 11.3. The molecule has 0 saturated carbocycles. The van der Waals surface area contributed by atoms with Crippen LogP contribution in [-0.2, 0) is 6.42 Å². The van der Waals surface area contributed by atoms with E-state index in [0.717, 1.165) is 42.3 Å². The second-order valence-electron chi connectivity index (χ2n) is 5.06. The quantitative estimate of drug-likeness (QED) is 0.819. The third-order valence-corrected chi connectivity index (χ3v) is 3.64. The molecular formula is C16H14F2N2O. The number of nitrogen functional groups attached to an aromatic ring is 1. The smallest absolute Gasteiger partial charge is 0.258 e. The summed E-state index contributed by atoms with van der Waals surface area (Å²) in [6.07, 6.45) is 1.56. The molecule has 3 rings (SSSR count). The lowest BCUT2D eigenvalue weighted by molar-refractivity contribution is 0.0984. The Balaban J connectivity index is 2.02. The molecule has 2 aromatic carbocycles. The molecular weight excluding hydrogens is 274 g/mol. The number of hydrogen-bond acceptors (Lipinski definition) is 2. The van der Waals surface area contributed by atoms with Crippen molar-refractivity contribution in [2.24, 2.45) is 0 Å². The van der Waals surface area contributed by atoms with Crippen LogP contribution in [0.15, 0.2) is 36.4 Å². The Morgan fingerprint density at radius 1 is 1.14 bits per heavy atom. The molecule has 3 nitrogen and oxygen atoms in total. The third kappa shape index (κ3) is 2.46. The van der Waals surface area contributed by atoms with Crippen molar-refractivity contribution in [3.05, 3.63) is 59.2 Å². The van der Waals surface area contributed by atoms with Crippen LogP contribution >= 0.6 is 0 Å². The minimum atomic E-state index is -0.761. The number of anilines is 2. The Morgan fingerprint density at radius 3 is 2.57 bits per heavy atom. The van der Waals surface area contributed by atoms with E-state index < -0.39 is 17.5 Å². The van der Waals surface area contributed by atoms with Crippen molar-refractivity contribution in [2.45, 2.75) is 12.8 Å². The molecule has 1 amide bonds. The first-order valence-corrected chi connectivity index (χ1v) is 6.71. The predicted molar refractivity (Wildman–Crippen MR) is 77.2 cm³/mol. The van der Waals surface area contributed by atoms with Gasteiger partial charge in [-0.25, -0.2) is 8.78 Å². The summed E-state index contributed by atoms with van der Waals surface area (Å²) in [6, 6.07) is 8.20. The molecule has 5 heteroatoms. The van der Waals surface area contributed by atoms with Gasteiger partial charge in [0, 0.05) is 29.5 Å². The third-order valence-electron chi connectivity index (χ3n) is 3.64. The summed E-state index contributed by atoms with van der Waals surface area (Å²) in [5.74, 6) is -1.94. The number of nitrogens with two attached hydrogens (primary N) is 1. The number of benzene rings is 2. The fraction of sp³-hybridized carbons (Fsp3) is 0.188. The Labute approximate surface area is 121 Å². The number of carbonyl (C=O) groups is 1. The lowest BCUT2D eigenvalue weighted by atomic mass is 9.99. The predicted octanol–water partition coefficient (Wildman–Crippen LogP) is 3.14. The van der Waals surface area contributed by atoms with E-state index in [-0.39, 0.29) is 5.56 Å². The average Bonchev–Trinajstić information content (AvgIpc) is 2.45. The number of amides is 1. The van der Waals surface area contributed by atoms with Crippen molar-refractivity contribution < 1.29 is 13.6 Å². The Morgan fingerprint density at radius 2 is 1.86 bits per heavy atom. The Kier molecular flexibility index (Phi) is 3.33. The van der Waals surface area contributed by atoms with Crippen molar-refractivity contribution in [1.82, 2.24) is 0 Å². The lowest BCUT2D eigenvalue weighted by Crippen LogP contribution is -2.35. The van der Waals surface area contributed by atoms with Gasteiger partial charge in [-0.1, -0.05) is 6.07 Å². The van der Waals surface area contributed by atoms with Crippen LogP contribution < -0.4 is 10.6 Å². The van der Waals surface area contributed by atoms with Crippen LogP contribution in [0.2, 0.25) is 0 Å². The van der Waals surface area contributed by atoms with Gasteiger partial charge in [0.1, 0.15) is 11.6 Å². The summed E-state index contributed by atoms with van der Waals surface area (Å²) >= 11 is 0. The van der Waals surface area contributed by atoms with Gasteiger partial charge in [-0.15, -0.1) is 0 Å². The summed E-state index contributed by atoms with van der Waals surface area (Å²) in [7, 11) is 0. The van der Waals surface area contributed by atoms with E-state index in [1.165, 1.54) is 4.90 Å². The minimum absolute atomic E-state index is 0.00257.